The van der Waals surface area contributed by atoms with E-state index in [1.165, 1.54) is 0 Å². The first-order valence-corrected chi connectivity index (χ1v) is 6.62. The Morgan fingerprint density at radius 2 is 2.28 bits per heavy atom. The second-order valence-electron chi connectivity index (χ2n) is 4.09. The number of ether oxygens (including phenoxy) is 2. The van der Waals surface area contributed by atoms with Gasteiger partial charge in [-0.1, -0.05) is 0 Å². The van der Waals surface area contributed by atoms with Crippen LogP contribution >= 0.6 is 15.9 Å². The Balaban J connectivity index is 2.86. The summed E-state index contributed by atoms with van der Waals surface area (Å²) < 4.78 is 13.2. The highest BCUT2D eigenvalue weighted by atomic mass is 79.9. The molecule has 0 aliphatic rings. The minimum Gasteiger partial charge on any atom is -0.383 e. The number of hydrazine groups is 1. The number of nitrogens with zero attached hydrogens (tertiary/aromatic N) is 2. The highest BCUT2D eigenvalue weighted by Gasteiger charge is 2.21. The predicted octanol–water partition coefficient (Wildman–Crippen LogP) is 1.22. The van der Waals surface area contributed by atoms with Gasteiger partial charge in [-0.2, -0.15) is 5.10 Å². The van der Waals surface area contributed by atoms with E-state index in [1.54, 1.807) is 20.4 Å². The molecule has 0 aromatic carbocycles. The van der Waals surface area contributed by atoms with Crippen LogP contribution in [0.1, 0.15) is 25.1 Å². The van der Waals surface area contributed by atoms with Crippen LogP contribution in [0.5, 0.6) is 0 Å². The lowest BCUT2D eigenvalue weighted by atomic mass is 10.1. The number of halogens is 1. The number of hydrogen-bond acceptors (Lipinski definition) is 5. The molecule has 3 N–H and O–H groups in total. The lowest BCUT2D eigenvalue weighted by Gasteiger charge is -2.21. The van der Waals surface area contributed by atoms with Gasteiger partial charge < -0.3 is 9.47 Å². The third-order valence-corrected chi connectivity index (χ3v) is 3.45. The van der Waals surface area contributed by atoms with Gasteiger partial charge in [0.05, 0.1) is 41.7 Å². The van der Waals surface area contributed by atoms with Gasteiger partial charge >= 0.3 is 0 Å². The maximum atomic E-state index is 5.63. The largest absolute Gasteiger partial charge is 0.383 e. The zero-order valence-electron chi connectivity index (χ0n) is 11.0. The molecule has 0 radical (unpaired) electrons. The van der Waals surface area contributed by atoms with E-state index in [9.17, 15) is 0 Å². The standard InChI is InChI=1S/C11H21BrN4O2/c1-8(18-3)6-10(15-13)11-9(12)7-14-16(11)4-5-17-2/h7-8,10,15H,4-6,13H2,1-3H3. The van der Waals surface area contributed by atoms with Crippen molar-refractivity contribution in [2.75, 3.05) is 20.8 Å². The molecule has 1 aromatic heterocycles. The van der Waals surface area contributed by atoms with E-state index in [2.05, 4.69) is 26.5 Å². The van der Waals surface area contributed by atoms with Crippen LogP contribution in [0, 0.1) is 0 Å². The molecule has 6 nitrogen and oxygen atoms in total. The van der Waals surface area contributed by atoms with Crippen molar-refractivity contribution in [1.29, 1.82) is 0 Å². The van der Waals surface area contributed by atoms with Crippen molar-refractivity contribution in [2.24, 2.45) is 5.84 Å². The van der Waals surface area contributed by atoms with E-state index >= 15 is 0 Å². The maximum Gasteiger partial charge on any atom is 0.0711 e. The number of methoxy groups -OCH3 is 2. The summed E-state index contributed by atoms with van der Waals surface area (Å²) in [6.07, 6.45) is 2.65. The Morgan fingerprint density at radius 3 is 2.83 bits per heavy atom. The molecular formula is C11H21BrN4O2. The number of nitrogens with one attached hydrogen (secondary N) is 1. The van der Waals surface area contributed by atoms with Crippen molar-refractivity contribution in [2.45, 2.75) is 32.0 Å². The molecule has 0 saturated heterocycles. The van der Waals surface area contributed by atoms with Gasteiger partial charge in [-0.05, 0) is 29.3 Å². The van der Waals surface area contributed by atoms with Crippen LogP contribution in [0.15, 0.2) is 10.7 Å². The molecule has 0 spiro atoms. The average molecular weight is 321 g/mol. The van der Waals surface area contributed by atoms with Gasteiger partial charge in [0.2, 0.25) is 0 Å². The van der Waals surface area contributed by atoms with E-state index in [0.29, 0.717) is 13.2 Å². The SMILES string of the molecule is COCCn1ncc(Br)c1C(CC(C)OC)NN. The smallest absolute Gasteiger partial charge is 0.0711 e. The summed E-state index contributed by atoms with van der Waals surface area (Å²) in [4.78, 5) is 0. The second kappa shape index (κ2) is 7.85. The van der Waals surface area contributed by atoms with Crippen molar-refractivity contribution in [3.8, 4) is 0 Å². The van der Waals surface area contributed by atoms with Crippen molar-refractivity contribution in [3.05, 3.63) is 16.4 Å². The van der Waals surface area contributed by atoms with Crippen molar-refractivity contribution in [3.63, 3.8) is 0 Å². The van der Waals surface area contributed by atoms with E-state index < -0.39 is 0 Å². The Kier molecular flexibility index (Phi) is 6.80. The first kappa shape index (κ1) is 15.6. The average Bonchev–Trinajstić information content (AvgIpc) is 2.74. The van der Waals surface area contributed by atoms with Crippen LogP contribution < -0.4 is 11.3 Å². The fourth-order valence-corrected chi connectivity index (χ4v) is 2.33. The number of rotatable bonds is 8. The monoisotopic (exact) mass is 320 g/mol. The zero-order valence-corrected chi connectivity index (χ0v) is 12.6. The van der Waals surface area contributed by atoms with Gasteiger partial charge in [0.25, 0.3) is 0 Å². The minimum atomic E-state index is -0.0197. The van der Waals surface area contributed by atoms with Crippen LogP contribution in [-0.4, -0.2) is 36.7 Å². The van der Waals surface area contributed by atoms with E-state index in [0.717, 1.165) is 16.6 Å². The third-order valence-electron chi connectivity index (χ3n) is 2.84. The van der Waals surface area contributed by atoms with Crippen LogP contribution in [0.2, 0.25) is 0 Å². The summed E-state index contributed by atoms with van der Waals surface area (Å²) in [5.74, 6) is 5.63. The first-order chi connectivity index (χ1) is 8.63. The minimum absolute atomic E-state index is 0.0197. The van der Waals surface area contributed by atoms with Crippen LogP contribution in [-0.2, 0) is 16.0 Å². The summed E-state index contributed by atoms with van der Waals surface area (Å²) in [5.41, 5.74) is 3.83. The molecular weight excluding hydrogens is 300 g/mol. The highest BCUT2D eigenvalue weighted by Crippen LogP contribution is 2.26. The molecule has 104 valence electrons. The van der Waals surface area contributed by atoms with E-state index in [-0.39, 0.29) is 12.1 Å². The van der Waals surface area contributed by atoms with Gasteiger partial charge in [0.1, 0.15) is 0 Å². The molecule has 0 aliphatic carbocycles. The molecule has 7 heteroatoms. The van der Waals surface area contributed by atoms with Gasteiger partial charge in [-0.3, -0.25) is 16.0 Å². The molecule has 1 rings (SSSR count). The summed E-state index contributed by atoms with van der Waals surface area (Å²) in [6, 6.07) is -0.0197. The Labute approximate surface area is 116 Å². The molecule has 2 unspecified atom stereocenters. The van der Waals surface area contributed by atoms with Crippen molar-refractivity contribution >= 4 is 15.9 Å². The fourth-order valence-electron chi connectivity index (χ4n) is 1.76. The van der Waals surface area contributed by atoms with E-state index in [4.69, 9.17) is 15.3 Å². The van der Waals surface area contributed by atoms with Crippen LogP contribution in [0.4, 0.5) is 0 Å². The molecule has 2 atom stereocenters. The summed E-state index contributed by atoms with van der Waals surface area (Å²) in [5, 5.41) is 4.31. The summed E-state index contributed by atoms with van der Waals surface area (Å²) in [6.45, 7) is 3.31. The predicted molar refractivity (Wildman–Crippen MR) is 73.0 cm³/mol. The van der Waals surface area contributed by atoms with Crippen molar-refractivity contribution in [1.82, 2.24) is 15.2 Å². The third kappa shape index (κ3) is 4.03. The summed E-state index contributed by atoms with van der Waals surface area (Å²) in [7, 11) is 3.36. The Morgan fingerprint density at radius 1 is 1.56 bits per heavy atom. The number of hydrogen-bond donors (Lipinski definition) is 2. The molecule has 0 bridgehead atoms. The molecule has 1 aromatic rings. The number of nitrogens with two attached hydrogens (primary N) is 1. The maximum absolute atomic E-state index is 5.63. The molecule has 18 heavy (non-hydrogen) atoms. The normalized spacial score (nSPS) is 14.7. The lowest BCUT2D eigenvalue weighted by molar-refractivity contribution is 0.0988. The van der Waals surface area contributed by atoms with Crippen molar-refractivity contribution < 1.29 is 9.47 Å². The lowest BCUT2D eigenvalue weighted by Crippen LogP contribution is -2.33. The highest BCUT2D eigenvalue weighted by molar-refractivity contribution is 9.10. The summed E-state index contributed by atoms with van der Waals surface area (Å²) >= 11 is 3.50. The van der Waals surface area contributed by atoms with Crippen LogP contribution in [0.3, 0.4) is 0 Å². The topological polar surface area (TPSA) is 74.3 Å². The molecule has 0 aliphatic heterocycles. The Bertz CT molecular complexity index is 359. The quantitative estimate of drug-likeness (QED) is 0.556. The van der Waals surface area contributed by atoms with Crippen LogP contribution in [0.25, 0.3) is 0 Å². The first-order valence-electron chi connectivity index (χ1n) is 5.83. The molecule has 0 saturated carbocycles. The zero-order chi connectivity index (χ0) is 13.5. The van der Waals surface area contributed by atoms with E-state index in [1.807, 2.05) is 11.6 Å². The molecule has 0 fully saturated rings. The van der Waals surface area contributed by atoms with Gasteiger partial charge in [0, 0.05) is 14.2 Å². The number of aromatic nitrogens is 2. The van der Waals surface area contributed by atoms with Gasteiger partial charge in [-0.15, -0.1) is 0 Å². The second-order valence-corrected chi connectivity index (χ2v) is 4.95. The Hall–Kier alpha value is -0.470. The van der Waals surface area contributed by atoms with Gasteiger partial charge in [0.15, 0.2) is 0 Å². The molecule has 0 amide bonds. The fraction of sp³-hybridized carbons (Fsp3) is 0.727. The van der Waals surface area contributed by atoms with Gasteiger partial charge in [-0.25, -0.2) is 0 Å². The molecule has 1 heterocycles.